The molecule has 54 heavy (non-hydrogen) atoms. The van der Waals surface area contributed by atoms with Gasteiger partial charge in [-0.3, -0.25) is 19.8 Å². The van der Waals surface area contributed by atoms with Gasteiger partial charge >= 0.3 is 6.03 Å². The van der Waals surface area contributed by atoms with Crippen molar-refractivity contribution in [3.63, 3.8) is 0 Å². The van der Waals surface area contributed by atoms with Gasteiger partial charge in [-0.05, 0) is 87.0 Å². The lowest BCUT2D eigenvalue weighted by Gasteiger charge is -2.35. The first kappa shape index (κ1) is 36.6. The molecule has 0 radical (unpaired) electrons. The predicted octanol–water partition coefficient (Wildman–Crippen LogP) is 5.95. The van der Waals surface area contributed by atoms with Crippen LogP contribution in [0.1, 0.15) is 67.3 Å². The zero-order valence-corrected chi connectivity index (χ0v) is 30.7. The van der Waals surface area contributed by atoms with E-state index in [9.17, 15) is 14.4 Å². The van der Waals surface area contributed by atoms with Crippen molar-refractivity contribution in [2.24, 2.45) is 11.8 Å². The topological polar surface area (TPSA) is 176 Å². The van der Waals surface area contributed by atoms with Crippen molar-refractivity contribution in [3.8, 4) is 5.75 Å². The number of benzene rings is 2. The molecular formula is C40H48N10O4. The number of imide groups is 1. The summed E-state index contributed by atoms with van der Waals surface area (Å²) in [6, 6.07) is 14.5. The third kappa shape index (κ3) is 8.08. The van der Waals surface area contributed by atoms with Crippen LogP contribution in [0.25, 0.3) is 16.6 Å². The molecule has 5 N–H and O–H groups in total. The van der Waals surface area contributed by atoms with Crippen LogP contribution in [0.3, 0.4) is 0 Å². The molecule has 8 rings (SSSR count). The highest BCUT2D eigenvalue weighted by molar-refractivity contribution is 6.10. The van der Waals surface area contributed by atoms with Crippen LogP contribution < -0.4 is 26.0 Å². The number of fused-ring (bicyclic) bond motifs is 2. The Morgan fingerprint density at radius 3 is 2.57 bits per heavy atom. The molecule has 5 heterocycles. The zero-order valence-electron chi connectivity index (χ0n) is 30.7. The number of ether oxygens (including phenoxy) is 1. The molecule has 2 aromatic carbocycles. The SMILES string of the molecule is COc1cc(N)c(C=N)cc1C(=O)Nc1cnc2cccnn12.O=C1CCN(c2cccc3c2ccn3CC2CCN(CC3CCCCC3)CC2)C(=O)N1. The maximum atomic E-state index is 12.5. The number of nitrogen functional groups attached to an aromatic ring is 1. The largest absolute Gasteiger partial charge is 0.496 e. The number of imidazole rings is 1. The molecule has 3 aliphatic rings. The minimum absolute atomic E-state index is 0.194. The number of carbonyl (C=O) groups excluding carboxylic acids is 3. The molecule has 4 amide bonds. The fraction of sp³-hybridized carbons (Fsp3) is 0.400. The van der Waals surface area contributed by atoms with Crippen LogP contribution >= 0.6 is 0 Å². The number of nitrogens with zero attached hydrogens (tertiary/aromatic N) is 6. The van der Waals surface area contributed by atoms with Crippen LogP contribution in [-0.2, 0) is 11.3 Å². The molecular weight excluding hydrogens is 685 g/mol. The third-order valence-electron chi connectivity index (χ3n) is 10.9. The maximum Gasteiger partial charge on any atom is 0.328 e. The number of likely N-dealkylation sites (tertiary alicyclic amines) is 1. The second-order valence-corrected chi connectivity index (χ2v) is 14.4. The first-order chi connectivity index (χ1) is 26.3. The molecule has 14 nitrogen and oxygen atoms in total. The second-order valence-electron chi connectivity index (χ2n) is 14.4. The van der Waals surface area contributed by atoms with Crippen LogP contribution in [-0.4, -0.2) is 81.4 Å². The number of nitrogens with one attached hydrogen (secondary N) is 3. The van der Waals surface area contributed by atoms with Crippen LogP contribution in [0.4, 0.5) is 22.0 Å². The van der Waals surface area contributed by atoms with E-state index in [1.807, 2.05) is 12.1 Å². The van der Waals surface area contributed by atoms with E-state index in [-0.39, 0.29) is 17.5 Å². The number of methoxy groups -OCH3 is 1. The number of amides is 4. The van der Waals surface area contributed by atoms with Crippen LogP contribution in [0.5, 0.6) is 5.75 Å². The Hall–Kier alpha value is -5.76. The van der Waals surface area contributed by atoms with E-state index in [4.69, 9.17) is 15.9 Å². The van der Waals surface area contributed by atoms with Crippen LogP contribution in [0.2, 0.25) is 0 Å². The van der Waals surface area contributed by atoms with E-state index in [0.29, 0.717) is 47.3 Å². The number of rotatable bonds is 9. The lowest BCUT2D eigenvalue weighted by atomic mass is 9.88. The van der Waals surface area contributed by atoms with E-state index in [2.05, 4.69) is 48.5 Å². The van der Waals surface area contributed by atoms with E-state index in [1.165, 1.54) is 100 Å². The molecule has 0 atom stereocenters. The average Bonchev–Trinajstić information content (AvgIpc) is 3.80. The summed E-state index contributed by atoms with van der Waals surface area (Å²) in [4.78, 5) is 44.9. The number of piperidine rings is 1. The summed E-state index contributed by atoms with van der Waals surface area (Å²) in [6.07, 6.45) is 16.4. The number of urea groups is 1. The molecule has 5 aromatic rings. The number of carbonyl (C=O) groups is 3. The molecule has 282 valence electrons. The van der Waals surface area contributed by atoms with Gasteiger partial charge in [-0.1, -0.05) is 25.3 Å². The summed E-state index contributed by atoms with van der Waals surface area (Å²) in [5.41, 5.74) is 9.56. The van der Waals surface area contributed by atoms with E-state index in [0.717, 1.165) is 29.8 Å². The molecule has 2 saturated heterocycles. The highest BCUT2D eigenvalue weighted by Crippen LogP contribution is 2.32. The van der Waals surface area contributed by atoms with E-state index < -0.39 is 5.91 Å². The Morgan fingerprint density at radius 2 is 1.81 bits per heavy atom. The smallest absolute Gasteiger partial charge is 0.328 e. The summed E-state index contributed by atoms with van der Waals surface area (Å²) in [5.74, 6) is 1.80. The predicted molar refractivity (Wildman–Crippen MR) is 209 cm³/mol. The van der Waals surface area contributed by atoms with Gasteiger partial charge in [0.2, 0.25) is 5.91 Å². The molecule has 1 saturated carbocycles. The van der Waals surface area contributed by atoms with Crippen molar-refractivity contribution in [2.75, 3.05) is 49.2 Å². The number of hydrogen-bond donors (Lipinski definition) is 4. The first-order valence-corrected chi connectivity index (χ1v) is 18.8. The molecule has 3 fully saturated rings. The molecule has 0 unspecified atom stereocenters. The third-order valence-corrected chi connectivity index (χ3v) is 10.9. The Bertz CT molecular complexity index is 2140. The van der Waals surface area contributed by atoms with Gasteiger partial charge < -0.3 is 30.7 Å². The zero-order chi connectivity index (χ0) is 37.6. The molecule has 3 aromatic heterocycles. The number of hydrogen-bond acceptors (Lipinski definition) is 9. The minimum Gasteiger partial charge on any atom is -0.496 e. The molecule has 2 aliphatic heterocycles. The first-order valence-electron chi connectivity index (χ1n) is 18.8. The van der Waals surface area contributed by atoms with Gasteiger partial charge in [0.05, 0.1) is 30.1 Å². The maximum absolute atomic E-state index is 12.5. The average molecular weight is 733 g/mol. The van der Waals surface area contributed by atoms with Gasteiger partial charge in [-0.2, -0.15) is 9.61 Å². The van der Waals surface area contributed by atoms with E-state index >= 15 is 0 Å². The Balaban J connectivity index is 0.000000175. The molecule has 1 aliphatic carbocycles. The lowest BCUT2D eigenvalue weighted by Crippen LogP contribution is -2.49. The standard InChI is InChI=1S/C25H34N4O2.C15H14N6O2/c30-24-12-16-29(25(31)26-24)23-8-4-7-22-21(23)11-15-28(22)18-20-9-13-27(14-10-20)17-19-5-2-1-3-6-19;1-23-12-6-11(17)9(7-16)5-10(12)15(22)20-14-8-18-13-3-2-4-19-21(13)14/h4,7-8,11,15,19-20H,1-3,5-6,9-10,12-14,16-18H2,(H,26,30,31);2-8,16H,17H2,1H3,(H,20,22). The highest BCUT2D eigenvalue weighted by Gasteiger charge is 2.27. The monoisotopic (exact) mass is 732 g/mol. The van der Waals surface area contributed by atoms with Crippen molar-refractivity contribution < 1.29 is 19.1 Å². The van der Waals surface area contributed by atoms with Crippen molar-refractivity contribution in [3.05, 3.63) is 78.2 Å². The van der Waals surface area contributed by atoms with Crippen LogP contribution in [0, 0.1) is 17.2 Å². The minimum atomic E-state index is -0.405. The van der Waals surface area contributed by atoms with E-state index in [1.54, 1.807) is 23.2 Å². The van der Waals surface area contributed by atoms with Gasteiger partial charge in [-0.25, -0.2) is 9.78 Å². The summed E-state index contributed by atoms with van der Waals surface area (Å²) >= 11 is 0. The van der Waals surface area contributed by atoms with Gasteiger partial charge in [0, 0.05) is 67.4 Å². The van der Waals surface area contributed by atoms with Crippen molar-refractivity contribution in [2.45, 2.75) is 57.9 Å². The van der Waals surface area contributed by atoms with Crippen molar-refractivity contribution >= 4 is 57.8 Å². The Morgan fingerprint density at radius 1 is 1.02 bits per heavy atom. The number of nitrogens with two attached hydrogens (primary N) is 1. The van der Waals surface area contributed by atoms with Gasteiger partial charge in [0.1, 0.15) is 5.75 Å². The Labute approximate surface area is 314 Å². The van der Waals surface area contributed by atoms with Gasteiger partial charge in [0.25, 0.3) is 5.91 Å². The normalized spacial score (nSPS) is 17.2. The fourth-order valence-electron chi connectivity index (χ4n) is 7.94. The van der Waals surface area contributed by atoms with Crippen LogP contribution in [0.15, 0.2) is 67.1 Å². The summed E-state index contributed by atoms with van der Waals surface area (Å²) in [6.45, 7) is 5.24. The molecule has 0 spiro atoms. The van der Waals surface area contributed by atoms with Gasteiger partial charge in [-0.15, -0.1) is 0 Å². The highest BCUT2D eigenvalue weighted by atomic mass is 16.5. The molecule has 0 bridgehead atoms. The number of aromatic nitrogens is 4. The summed E-state index contributed by atoms with van der Waals surface area (Å²) in [5, 5.41) is 17.7. The quantitative estimate of drug-likeness (QED) is 0.106. The second kappa shape index (κ2) is 16.5. The van der Waals surface area contributed by atoms with Crippen molar-refractivity contribution in [1.29, 1.82) is 5.41 Å². The summed E-state index contributed by atoms with van der Waals surface area (Å²) < 4.78 is 9.07. The van der Waals surface area contributed by atoms with Gasteiger partial charge in [0.15, 0.2) is 11.5 Å². The summed E-state index contributed by atoms with van der Waals surface area (Å²) in [7, 11) is 1.45. The Kier molecular flexibility index (Phi) is 11.2. The number of anilines is 3. The molecule has 14 heteroatoms. The fourth-order valence-corrected chi connectivity index (χ4v) is 7.94. The van der Waals surface area contributed by atoms with Crippen molar-refractivity contribution in [1.82, 2.24) is 29.4 Å². The lowest BCUT2D eigenvalue weighted by molar-refractivity contribution is -0.120.